The molecule has 2 amide bonds. The zero-order valence-corrected chi connectivity index (χ0v) is 20.3. The van der Waals surface area contributed by atoms with Crippen molar-refractivity contribution in [3.63, 3.8) is 0 Å². The number of nitrogen functional groups attached to an aromatic ring is 1. The summed E-state index contributed by atoms with van der Waals surface area (Å²) in [5.74, 6) is -0.803. The molecule has 35 heavy (non-hydrogen) atoms. The van der Waals surface area contributed by atoms with Crippen LogP contribution in [0.25, 0.3) is 0 Å². The first-order valence-corrected chi connectivity index (χ1v) is 12.4. The molecule has 12 heteroatoms. The summed E-state index contributed by atoms with van der Waals surface area (Å²) in [6.07, 6.45) is 1.60. The van der Waals surface area contributed by atoms with Crippen LogP contribution < -0.4 is 15.4 Å². The third-order valence-corrected chi connectivity index (χ3v) is 7.56. The number of hydrogen-bond donors (Lipinski definition) is 1. The van der Waals surface area contributed by atoms with E-state index in [1.807, 2.05) is 30.3 Å². The van der Waals surface area contributed by atoms with Gasteiger partial charge in [-0.25, -0.2) is 13.4 Å². The molecule has 2 aromatic carbocycles. The Morgan fingerprint density at radius 2 is 1.77 bits per heavy atom. The van der Waals surface area contributed by atoms with Crippen LogP contribution in [0, 0.1) is 0 Å². The third kappa shape index (κ3) is 5.05. The summed E-state index contributed by atoms with van der Waals surface area (Å²) >= 11 is 6.06. The minimum atomic E-state index is -4.08. The van der Waals surface area contributed by atoms with Gasteiger partial charge in [-0.05, 0) is 30.2 Å². The van der Waals surface area contributed by atoms with Gasteiger partial charge in [-0.3, -0.25) is 14.5 Å². The summed E-state index contributed by atoms with van der Waals surface area (Å²) in [6, 6.07) is 13.5. The van der Waals surface area contributed by atoms with Crippen molar-refractivity contribution in [1.82, 2.24) is 14.9 Å². The fourth-order valence-corrected chi connectivity index (χ4v) is 5.25. The lowest BCUT2D eigenvalue weighted by atomic mass is 10.1. The van der Waals surface area contributed by atoms with E-state index in [0.717, 1.165) is 11.8 Å². The number of ether oxygens (including phenoxy) is 1. The van der Waals surface area contributed by atoms with Gasteiger partial charge in [-0.15, -0.1) is 0 Å². The van der Waals surface area contributed by atoms with Crippen molar-refractivity contribution < 1.29 is 22.7 Å². The highest BCUT2D eigenvalue weighted by Gasteiger charge is 2.33. The second kappa shape index (κ2) is 9.88. The fourth-order valence-electron chi connectivity index (χ4n) is 3.64. The van der Waals surface area contributed by atoms with E-state index in [4.69, 9.17) is 22.1 Å². The molecular weight excluding hydrogens is 494 g/mol. The monoisotopic (exact) mass is 515 g/mol. The Labute approximate surface area is 207 Å². The van der Waals surface area contributed by atoms with E-state index < -0.39 is 21.7 Å². The molecule has 0 radical (unpaired) electrons. The minimum Gasteiger partial charge on any atom is -0.495 e. The molecule has 2 heterocycles. The number of halogens is 1. The third-order valence-electron chi connectivity index (χ3n) is 5.50. The van der Waals surface area contributed by atoms with Gasteiger partial charge in [0.05, 0.1) is 23.2 Å². The molecular formula is C23H22ClN5O5S. The number of rotatable bonds is 7. The number of nitrogens with two attached hydrogens (primary N) is 1. The molecule has 1 saturated heterocycles. The molecule has 0 atom stereocenters. The molecule has 1 fully saturated rings. The molecule has 10 nitrogen and oxygen atoms in total. The lowest BCUT2D eigenvalue weighted by molar-refractivity contribution is -0.145. The summed E-state index contributed by atoms with van der Waals surface area (Å²) in [5.41, 5.74) is 6.97. The average molecular weight is 516 g/mol. The van der Waals surface area contributed by atoms with Crippen molar-refractivity contribution in [3.8, 4) is 5.75 Å². The predicted molar refractivity (Wildman–Crippen MR) is 129 cm³/mol. The molecule has 0 bridgehead atoms. The number of carbonyl (C=O) groups is 2. The van der Waals surface area contributed by atoms with Crippen molar-refractivity contribution in [2.45, 2.75) is 16.2 Å². The summed E-state index contributed by atoms with van der Waals surface area (Å²) in [7, 11) is -2.66. The number of aromatic nitrogens is 2. The van der Waals surface area contributed by atoms with E-state index in [0.29, 0.717) is 12.2 Å². The van der Waals surface area contributed by atoms with Crippen LogP contribution in [0.3, 0.4) is 0 Å². The Morgan fingerprint density at radius 1 is 1.09 bits per heavy atom. The minimum absolute atomic E-state index is 0.0152. The van der Waals surface area contributed by atoms with E-state index in [9.17, 15) is 18.0 Å². The first-order chi connectivity index (χ1) is 16.7. The molecule has 2 N–H and O–H groups in total. The number of anilines is 2. The lowest BCUT2D eigenvalue weighted by Crippen LogP contribution is -2.55. The highest BCUT2D eigenvalue weighted by Crippen LogP contribution is 2.31. The van der Waals surface area contributed by atoms with Crippen LogP contribution in [-0.2, 0) is 25.8 Å². The van der Waals surface area contributed by atoms with Gasteiger partial charge in [0.25, 0.3) is 0 Å². The number of carbonyl (C=O) groups excluding carboxylic acids is 2. The van der Waals surface area contributed by atoms with Crippen molar-refractivity contribution in [2.75, 3.05) is 37.4 Å². The van der Waals surface area contributed by atoms with Gasteiger partial charge in [0.2, 0.25) is 27.6 Å². The van der Waals surface area contributed by atoms with Crippen molar-refractivity contribution in [3.05, 3.63) is 65.3 Å². The van der Waals surface area contributed by atoms with E-state index >= 15 is 0 Å². The van der Waals surface area contributed by atoms with Crippen LogP contribution in [-0.4, -0.2) is 61.8 Å². The maximum Gasteiger partial charge on any atom is 0.248 e. The summed E-state index contributed by atoms with van der Waals surface area (Å²) in [5, 5.41) is 0.117. The second-order valence-electron chi connectivity index (χ2n) is 7.75. The number of hydrogen-bond acceptors (Lipinski definition) is 9. The van der Waals surface area contributed by atoms with Crippen LogP contribution in [0.4, 0.5) is 11.8 Å². The zero-order chi connectivity index (χ0) is 25.2. The number of nitrogens with zero attached hydrogens (tertiary/aromatic N) is 4. The SMILES string of the molecule is COc1ccc(S(=O)(=O)c2cnc(N3CC(=O)N(CCc4ccccc4)C(=O)C3)nc2N)cc1Cl. The Balaban J connectivity index is 1.50. The van der Waals surface area contributed by atoms with Crippen molar-refractivity contribution in [1.29, 1.82) is 0 Å². The number of piperazine rings is 1. The highest BCUT2D eigenvalue weighted by molar-refractivity contribution is 7.91. The maximum atomic E-state index is 13.0. The standard InChI is InChI=1S/C23H22ClN5O5S/c1-34-18-8-7-16(11-17(18)24)35(32,33)19-12-26-23(27-22(19)25)28-13-20(30)29(21(31)14-28)10-9-15-5-3-2-4-6-15/h2-8,11-12H,9-10,13-14H2,1H3,(H2,25,26,27). The predicted octanol–water partition coefficient (Wildman–Crippen LogP) is 1.97. The summed E-state index contributed by atoms with van der Waals surface area (Å²) in [6.45, 7) is -0.0135. The Kier molecular flexibility index (Phi) is 6.90. The molecule has 4 rings (SSSR count). The van der Waals surface area contributed by atoms with Crippen LogP contribution in [0.2, 0.25) is 5.02 Å². The number of amides is 2. The van der Waals surface area contributed by atoms with Gasteiger partial charge in [0, 0.05) is 6.54 Å². The molecule has 3 aromatic rings. The van der Waals surface area contributed by atoms with Crippen LogP contribution in [0.5, 0.6) is 5.75 Å². The zero-order valence-electron chi connectivity index (χ0n) is 18.7. The maximum absolute atomic E-state index is 13.0. The Morgan fingerprint density at radius 3 is 2.37 bits per heavy atom. The van der Waals surface area contributed by atoms with Crippen molar-refractivity contribution in [2.24, 2.45) is 0 Å². The van der Waals surface area contributed by atoms with E-state index in [1.54, 1.807) is 0 Å². The smallest absolute Gasteiger partial charge is 0.248 e. The first-order valence-electron chi connectivity index (χ1n) is 10.5. The van der Waals surface area contributed by atoms with Gasteiger partial charge in [-0.1, -0.05) is 41.9 Å². The van der Waals surface area contributed by atoms with Gasteiger partial charge in [0.1, 0.15) is 29.6 Å². The lowest BCUT2D eigenvalue weighted by Gasteiger charge is -2.32. The molecule has 0 unspecified atom stereocenters. The number of sulfone groups is 1. The Bertz CT molecular complexity index is 1370. The fraction of sp³-hybridized carbons (Fsp3) is 0.217. The van der Waals surface area contributed by atoms with E-state index in [1.165, 1.54) is 35.1 Å². The highest BCUT2D eigenvalue weighted by atomic mass is 35.5. The van der Waals surface area contributed by atoms with E-state index in [2.05, 4.69) is 9.97 Å². The molecule has 1 aliphatic heterocycles. The molecule has 0 aliphatic carbocycles. The number of imide groups is 1. The topological polar surface area (TPSA) is 136 Å². The second-order valence-corrected chi connectivity index (χ2v) is 10.1. The van der Waals surface area contributed by atoms with Crippen molar-refractivity contribution >= 4 is 45.0 Å². The largest absolute Gasteiger partial charge is 0.495 e. The number of methoxy groups -OCH3 is 1. The molecule has 0 saturated carbocycles. The van der Waals surface area contributed by atoms with Crippen LogP contribution in [0.1, 0.15) is 5.56 Å². The molecule has 1 aliphatic rings. The summed E-state index contributed by atoms with van der Waals surface area (Å²) in [4.78, 5) is 35.6. The van der Waals surface area contributed by atoms with Gasteiger partial charge in [0.15, 0.2) is 0 Å². The molecule has 1 aromatic heterocycles. The van der Waals surface area contributed by atoms with Gasteiger partial charge >= 0.3 is 0 Å². The summed E-state index contributed by atoms with van der Waals surface area (Å²) < 4.78 is 31.1. The van der Waals surface area contributed by atoms with E-state index in [-0.39, 0.29) is 46.2 Å². The first kappa shape index (κ1) is 24.4. The van der Waals surface area contributed by atoms with Gasteiger partial charge < -0.3 is 15.4 Å². The quantitative estimate of drug-likeness (QED) is 0.468. The Hall–Kier alpha value is -3.70. The average Bonchev–Trinajstić information content (AvgIpc) is 2.83. The normalized spacial score (nSPS) is 14.3. The van der Waals surface area contributed by atoms with Gasteiger partial charge in [-0.2, -0.15) is 4.98 Å². The number of benzene rings is 2. The van der Waals surface area contributed by atoms with Crippen LogP contribution in [0.15, 0.2) is 64.5 Å². The molecule has 0 spiro atoms. The van der Waals surface area contributed by atoms with Crippen LogP contribution >= 0.6 is 11.6 Å². The molecule has 182 valence electrons.